The molecule has 112 valence electrons. The van der Waals surface area contributed by atoms with E-state index in [0.717, 1.165) is 18.4 Å². The van der Waals surface area contributed by atoms with Gasteiger partial charge in [-0.2, -0.15) is 0 Å². The van der Waals surface area contributed by atoms with E-state index in [2.05, 4.69) is 10.3 Å². The van der Waals surface area contributed by atoms with Crippen LogP contribution in [0.2, 0.25) is 0 Å². The van der Waals surface area contributed by atoms with Crippen LogP contribution >= 0.6 is 0 Å². The number of anilines is 1. The van der Waals surface area contributed by atoms with E-state index in [-0.39, 0.29) is 17.7 Å². The maximum atomic E-state index is 12.3. The van der Waals surface area contributed by atoms with Crippen molar-refractivity contribution in [2.24, 2.45) is 5.92 Å². The number of carbonyl (C=O) groups excluding carboxylic acids is 2. The van der Waals surface area contributed by atoms with Gasteiger partial charge in [0.15, 0.2) is 0 Å². The van der Waals surface area contributed by atoms with Gasteiger partial charge >= 0.3 is 0 Å². The molecule has 3 rings (SSSR count). The molecule has 5 heteroatoms. The van der Waals surface area contributed by atoms with Crippen LogP contribution in [0.1, 0.15) is 37.7 Å². The van der Waals surface area contributed by atoms with E-state index in [9.17, 15) is 9.59 Å². The number of nitrogens with zero attached hydrogens (tertiary/aromatic N) is 2. The molecule has 1 saturated heterocycles. The van der Waals surface area contributed by atoms with Crippen molar-refractivity contribution in [3.8, 4) is 0 Å². The van der Waals surface area contributed by atoms with Crippen LogP contribution in [-0.4, -0.2) is 34.3 Å². The second kappa shape index (κ2) is 5.84. The Balaban J connectivity index is 1.60. The van der Waals surface area contributed by atoms with Crippen molar-refractivity contribution in [2.75, 3.05) is 11.9 Å². The van der Waals surface area contributed by atoms with Gasteiger partial charge in [-0.25, -0.2) is 4.98 Å². The maximum absolute atomic E-state index is 12.3. The van der Waals surface area contributed by atoms with E-state index >= 15 is 0 Å². The second-order valence-corrected chi connectivity index (χ2v) is 6.10. The van der Waals surface area contributed by atoms with E-state index in [4.69, 9.17) is 0 Å². The number of likely N-dealkylation sites (tertiary alicyclic amines) is 1. The summed E-state index contributed by atoms with van der Waals surface area (Å²) in [5, 5.41) is 2.81. The minimum Gasteiger partial charge on any atom is -0.339 e. The molecule has 0 aromatic carbocycles. The van der Waals surface area contributed by atoms with Crippen molar-refractivity contribution in [1.29, 1.82) is 0 Å². The number of rotatable bonds is 3. The average molecular weight is 287 g/mol. The van der Waals surface area contributed by atoms with Gasteiger partial charge in [0.25, 0.3) is 0 Å². The van der Waals surface area contributed by atoms with Crippen molar-refractivity contribution >= 4 is 17.6 Å². The number of carbonyl (C=O) groups is 2. The normalized spacial score (nSPS) is 22.8. The molecule has 2 fully saturated rings. The quantitative estimate of drug-likeness (QED) is 0.926. The van der Waals surface area contributed by atoms with Crippen LogP contribution in [0.15, 0.2) is 18.3 Å². The highest BCUT2D eigenvalue weighted by Crippen LogP contribution is 2.29. The molecular weight excluding hydrogens is 266 g/mol. The number of hydrogen-bond donors (Lipinski definition) is 1. The van der Waals surface area contributed by atoms with Crippen LogP contribution in [0.3, 0.4) is 0 Å². The minimum atomic E-state index is -0.249. The van der Waals surface area contributed by atoms with Crippen molar-refractivity contribution in [3.05, 3.63) is 23.9 Å². The summed E-state index contributed by atoms with van der Waals surface area (Å²) in [5.41, 5.74) is 1.05. The summed E-state index contributed by atoms with van der Waals surface area (Å²) in [5.74, 6) is 0.331. The van der Waals surface area contributed by atoms with Crippen LogP contribution < -0.4 is 5.32 Å². The highest BCUT2D eigenvalue weighted by atomic mass is 16.2. The highest BCUT2D eigenvalue weighted by molar-refractivity contribution is 5.96. The molecule has 0 unspecified atom stereocenters. The molecule has 0 radical (unpaired) electrons. The van der Waals surface area contributed by atoms with Crippen LogP contribution in [0.5, 0.6) is 0 Å². The molecule has 1 aliphatic carbocycles. The van der Waals surface area contributed by atoms with Crippen molar-refractivity contribution in [3.63, 3.8) is 0 Å². The van der Waals surface area contributed by atoms with Crippen LogP contribution in [0.4, 0.5) is 5.82 Å². The highest BCUT2D eigenvalue weighted by Gasteiger charge is 2.38. The van der Waals surface area contributed by atoms with Gasteiger partial charge in [-0.15, -0.1) is 0 Å². The van der Waals surface area contributed by atoms with Crippen molar-refractivity contribution in [2.45, 2.75) is 45.1 Å². The molecule has 1 aromatic heterocycles. The third kappa shape index (κ3) is 3.06. The lowest BCUT2D eigenvalue weighted by molar-refractivity contribution is -0.129. The summed E-state index contributed by atoms with van der Waals surface area (Å²) in [4.78, 5) is 30.5. The summed E-state index contributed by atoms with van der Waals surface area (Å²) in [6.45, 7) is 2.51. The SMILES string of the molecule is Cc1ccc(NC(=O)[C@@H]2CC(=O)N(C3CCCC3)C2)nc1. The van der Waals surface area contributed by atoms with Crippen LogP contribution in [0, 0.1) is 12.8 Å². The summed E-state index contributed by atoms with van der Waals surface area (Å²) >= 11 is 0. The molecule has 2 amide bonds. The fraction of sp³-hybridized carbons (Fsp3) is 0.562. The molecule has 1 saturated carbocycles. The van der Waals surface area contributed by atoms with E-state index in [1.165, 1.54) is 12.8 Å². The van der Waals surface area contributed by atoms with Gasteiger partial charge < -0.3 is 10.2 Å². The van der Waals surface area contributed by atoms with Crippen molar-refractivity contribution in [1.82, 2.24) is 9.88 Å². The van der Waals surface area contributed by atoms with Gasteiger partial charge in [-0.1, -0.05) is 18.9 Å². The number of nitrogens with one attached hydrogen (secondary N) is 1. The smallest absolute Gasteiger partial charge is 0.230 e. The first-order chi connectivity index (χ1) is 10.1. The van der Waals surface area contributed by atoms with Crippen LogP contribution in [0.25, 0.3) is 0 Å². The molecule has 1 aromatic rings. The van der Waals surface area contributed by atoms with E-state index in [1.54, 1.807) is 12.3 Å². The zero-order valence-electron chi connectivity index (χ0n) is 12.3. The fourth-order valence-corrected chi connectivity index (χ4v) is 3.25. The molecule has 0 spiro atoms. The predicted octanol–water partition coefficient (Wildman–Crippen LogP) is 2.12. The zero-order chi connectivity index (χ0) is 14.8. The summed E-state index contributed by atoms with van der Waals surface area (Å²) in [6, 6.07) is 4.05. The Morgan fingerprint density at radius 3 is 2.76 bits per heavy atom. The summed E-state index contributed by atoms with van der Waals surface area (Å²) < 4.78 is 0. The first-order valence-corrected chi connectivity index (χ1v) is 7.66. The van der Waals surface area contributed by atoms with Gasteiger partial charge in [-0.3, -0.25) is 9.59 Å². The molecule has 0 bridgehead atoms. The Morgan fingerprint density at radius 1 is 1.33 bits per heavy atom. The number of amides is 2. The molecule has 5 nitrogen and oxygen atoms in total. The maximum Gasteiger partial charge on any atom is 0.230 e. The van der Waals surface area contributed by atoms with E-state index in [1.807, 2.05) is 17.9 Å². The Bertz CT molecular complexity index is 535. The second-order valence-electron chi connectivity index (χ2n) is 6.10. The molecule has 21 heavy (non-hydrogen) atoms. The Labute approximate surface area is 124 Å². The lowest BCUT2D eigenvalue weighted by Crippen LogP contribution is -2.35. The Hall–Kier alpha value is -1.91. The van der Waals surface area contributed by atoms with E-state index < -0.39 is 0 Å². The Kier molecular flexibility index (Phi) is 3.90. The third-order valence-corrected chi connectivity index (χ3v) is 4.46. The lowest BCUT2D eigenvalue weighted by atomic mass is 10.1. The number of aryl methyl sites for hydroxylation is 1. The van der Waals surface area contributed by atoms with Crippen LogP contribution in [-0.2, 0) is 9.59 Å². The first kappa shape index (κ1) is 14.0. The van der Waals surface area contributed by atoms with E-state index in [0.29, 0.717) is 24.8 Å². The molecule has 1 aliphatic heterocycles. The minimum absolute atomic E-state index is 0.0970. The standard InChI is InChI=1S/C16H21N3O2/c1-11-6-7-14(17-9-11)18-16(21)12-8-15(20)19(10-12)13-4-2-3-5-13/h6-7,9,12-13H,2-5,8,10H2,1H3,(H,17,18,21)/t12-/m1/s1. The number of pyridine rings is 1. The van der Waals surface area contributed by atoms with Crippen molar-refractivity contribution < 1.29 is 9.59 Å². The molecule has 2 aliphatic rings. The van der Waals surface area contributed by atoms with Gasteiger partial charge in [0, 0.05) is 25.2 Å². The fourth-order valence-electron chi connectivity index (χ4n) is 3.25. The first-order valence-electron chi connectivity index (χ1n) is 7.66. The topological polar surface area (TPSA) is 62.3 Å². The van der Waals surface area contributed by atoms with Gasteiger partial charge in [-0.05, 0) is 31.4 Å². The molecule has 2 heterocycles. The summed E-state index contributed by atoms with van der Waals surface area (Å²) in [7, 11) is 0. The lowest BCUT2D eigenvalue weighted by Gasteiger charge is -2.23. The van der Waals surface area contributed by atoms with Gasteiger partial charge in [0.2, 0.25) is 11.8 Å². The number of hydrogen-bond acceptors (Lipinski definition) is 3. The summed E-state index contributed by atoms with van der Waals surface area (Å²) in [6.07, 6.45) is 6.60. The largest absolute Gasteiger partial charge is 0.339 e. The average Bonchev–Trinajstić information content (AvgIpc) is 3.10. The number of aromatic nitrogens is 1. The van der Waals surface area contributed by atoms with Gasteiger partial charge in [0.05, 0.1) is 5.92 Å². The monoisotopic (exact) mass is 287 g/mol. The molecular formula is C16H21N3O2. The predicted molar refractivity (Wildman–Crippen MR) is 79.7 cm³/mol. The third-order valence-electron chi connectivity index (χ3n) is 4.46. The molecule has 1 N–H and O–H groups in total. The Morgan fingerprint density at radius 2 is 2.10 bits per heavy atom. The molecule has 1 atom stereocenters. The zero-order valence-corrected chi connectivity index (χ0v) is 12.3. The van der Waals surface area contributed by atoms with Gasteiger partial charge in [0.1, 0.15) is 5.82 Å².